The molecule has 0 fully saturated rings. The molecule has 0 radical (unpaired) electrons. The predicted molar refractivity (Wildman–Crippen MR) is 127 cm³/mol. The summed E-state index contributed by atoms with van der Waals surface area (Å²) in [5, 5.41) is 2.79. The average Bonchev–Trinajstić information content (AvgIpc) is 3.34. The van der Waals surface area contributed by atoms with Crippen molar-refractivity contribution >= 4 is 23.5 Å². The van der Waals surface area contributed by atoms with Crippen LogP contribution < -0.4 is 19.5 Å². The van der Waals surface area contributed by atoms with E-state index < -0.39 is 18.0 Å². The van der Waals surface area contributed by atoms with Crippen molar-refractivity contribution in [2.24, 2.45) is 0 Å². The van der Waals surface area contributed by atoms with Gasteiger partial charge in [0.15, 0.2) is 17.6 Å². The highest BCUT2D eigenvalue weighted by atomic mass is 16.7. The molecular weight excluding hydrogens is 434 g/mol. The Balaban J connectivity index is 1.46. The largest absolute Gasteiger partial charge is 0.496 e. The van der Waals surface area contributed by atoms with E-state index in [1.165, 1.54) is 0 Å². The number of benzene rings is 3. The molecule has 1 unspecified atom stereocenters. The van der Waals surface area contributed by atoms with Gasteiger partial charge in [0.25, 0.3) is 5.91 Å². The minimum absolute atomic E-state index is 0.185. The van der Waals surface area contributed by atoms with Crippen molar-refractivity contribution in [1.29, 1.82) is 0 Å². The van der Waals surface area contributed by atoms with Gasteiger partial charge in [-0.05, 0) is 42.3 Å². The maximum atomic E-state index is 13.1. The van der Waals surface area contributed by atoms with Crippen LogP contribution in [0.4, 0.5) is 0 Å². The van der Waals surface area contributed by atoms with Gasteiger partial charge in [-0.1, -0.05) is 54.6 Å². The first-order valence-corrected chi connectivity index (χ1v) is 10.8. The second-order valence-electron chi connectivity index (χ2n) is 7.62. The molecule has 0 saturated heterocycles. The molecule has 7 nitrogen and oxygen atoms in total. The quantitative estimate of drug-likeness (QED) is 0.309. The van der Waals surface area contributed by atoms with E-state index in [1.807, 2.05) is 66.7 Å². The maximum Gasteiger partial charge on any atom is 0.339 e. The number of para-hydroxylation sites is 1. The predicted octanol–water partition coefficient (Wildman–Crippen LogP) is 4.21. The summed E-state index contributed by atoms with van der Waals surface area (Å²) < 4.78 is 21.6. The maximum absolute atomic E-state index is 13.1. The average molecular weight is 459 g/mol. The molecule has 7 heteroatoms. The molecule has 0 spiro atoms. The smallest absolute Gasteiger partial charge is 0.339 e. The Hall–Kier alpha value is -4.26. The lowest BCUT2D eigenvalue weighted by Gasteiger charge is -2.16. The highest BCUT2D eigenvalue weighted by Gasteiger charge is 2.22. The van der Waals surface area contributed by atoms with Crippen molar-refractivity contribution in [3.63, 3.8) is 0 Å². The first-order chi connectivity index (χ1) is 16.5. The molecule has 1 aliphatic rings. The number of esters is 1. The highest BCUT2D eigenvalue weighted by Crippen LogP contribution is 2.32. The molecule has 0 aliphatic carbocycles. The van der Waals surface area contributed by atoms with Crippen molar-refractivity contribution in [2.75, 3.05) is 13.9 Å². The van der Waals surface area contributed by atoms with E-state index >= 15 is 0 Å². The lowest BCUT2D eigenvalue weighted by atomic mass is 10.0. The van der Waals surface area contributed by atoms with Crippen LogP contribution in [0.25, 0.3) is 11.6 Å². The van der Waals surface area contributed by atoms with Gasteiger partial charge in [-0.3, -0.25) is 4.79 Å². The van der Waals surface area contributed by atoms with Crippen molar-refractivity contribution < 1.29 is 28.5 Å². The topological polar surface area (TPSA) is 83.1 Å². The summed E-state index contributed by atoms with van der Waals surface area (Å²) >= 11 is 0. The molecule has 4 rings (SSSR count). The Morgan fingerprint density at radius 3 is 2.53 bits per heavy atom. The van der Waals surface area contributed by atoms with Crippen molar-refractivity contribution in [3.05, 3.63) is 89.5 Å². The number of hydrogen-bond donors (Lipinski definition) is 1. The zero-order valence-electron chi connectivity index (χ0n) is 18.9. The summed E-state index contributed by atoms with van der Waals surface area (Å²) in [4.78, 5) is 25.7. The second kappa shape index (κ2) is 10.6. The second-order valence-corrected chi connectivity index (χ2v) is 7.62. The molecule has 1 heterocycles. The molecule has 1 amide bonds. The summed E-state index contributed by atoms with van der Waals surface area (Å²) in [5.74, 6) is 0.921. The first-order valence-electron chi connectivity index (χ1n) is 10.8. The first kappa shape index (κ1) is 22.9. The van der Waals surface area contributed by atoms with Gasteiger partial charge in [-0.15, -0.1) is 0 Å². The van der Waals surface area contributed by atoms with Crippen LogP contribution in [0, 0.1) is 0 Å². The Labute approximate surface area is 197 Å². The van der Waals surface area contributed by atoms with Crippen LogP contribution in [0.1, 0.15) is 23.6 Å². The summed E-state index contributed by atoms with van der Waals surface area (Å²) in [5.41, 5.74) is 2.56. The molecular formula is C27H25NO6. The van der Waals surface area contributed by atoms with Gasteiger partial charge in [-0.2, -0.15) is 0 Å². The third kappa shape index (κ3) is 5.38. The van der Waals surface area contributed by atoms with Gasteiger partial charge in [0.05, 0.1) is 12.7 Å². The Bertz CT molecular complexity index is 1200. The standard InChI is InChI=1S/C27H25NO6/c1-18(26(29)28-16-19-12-13-24-25(14-19)33-17-32-24)34-27(30)22(20-8-4-3-5-9-20)15-21-10-6-7-11-23(21)31-2/h3-15,18H,16-17H2,1-2H3,(H,28,29)/b22-15+. The van der Waals surface area contributed by atoms with Gasteiger partial charge in [0.2, 0.25) is 6.79 Å². The Kier molecular flexibility index (Phi) is 7.13. The van der Waals surface area contributed by atoms with E-state index in [2.05, 4.69) is 5.32 Å². The fraction of sp³-hybridized carbons (Fsp3) is 0.185. The van der Waals surface area contributed by atoms with Gasteiger partial charge in [-0.25, -0.2) is 4.79 Å². The van der Waals surface area contributed by atoms with Crippen LogP contribution in [0.2, 0.25) is 0 Å². The number of methoxy groups -OCH3 is 1. The molecule has 3 aromatic carbocycles. The lowest BCUT2D eigenvalue weighted by Crippen LogP contribution is -2.35. The van der Waals surface area contributed by atoms with E-state index in [-0.39, 0.29) is 13.3 Å². The van der Waals surface area contributed by atoms with Gasteiger partial charge in [0.1, 0.15) is 5.75 Å². The number of ether oxygens (including phenoxy) is 4. The minimum atomic E-state index is -0.994. The zero-order valence-corrected chi connectivity index (χ0v) is 18.9. The Morgan fingerprint density at radius 1 is 1.00 bits per heavy atom. The third-order valence-corrected chi connectivity index (χ3v) is 5.30. The highest BCUT2D eigenvalue weighted by molar-refractivity contribution is 6.22. The van der Waals surface area contributed by atoms with Gasteiger partial charge < -0.3 is 24.3 Å². The monoisotopic (exact) mass is 459 g/mol. The van der Waals surface area contributed by atoms with E-state index in [0.29, 0.717) is 28.4 Å². The number of rotatable bonds is 8. The normalized spacial score (nSPS) is 13.2. The number of carbonyl (C=O) groups is 2. The summed E-state index contributed by atoms with van der Waals surface area (Å²) in [6.07, 6.45) is 0.708. The molecule has 1 N–H and O–H groups in total. The Morgan fingerprint density at radius 2 is 1.74 bits per heavy atom. The summed E-state index contributed by atoms with van der Waals surface area (Å²) in [6, 6.07) is 22.0. The molecule has 34 heavy (non-hydrogen) atoms. The van der Waals surface area contributed by atoms with Crippen LogP contribution in [0.15, 0.2) is 72.8 Å². The molecule has 1 atom stereocenters. The summed E-state index contributed by atoms with van der Waals surface area (Å²) in [7, 11) is 1.57. The van der Waals surface area contributed by atoms with Crippen LogP contribution in [-0.4, -0.2) is 31.9 Å². The molecule has 3 aromatic rings. The number of hydrogen-bond acceptors (Lipinski definition) is 6. The molecule has 0 aromatic heterocycles. The lowest BCUT2D eigenvalue weighted by molar-refractivity contribution is -0.149. The van der Waals surface area contributed by atoms with E-state index in [4.69, 9.17) is 18.9 Å². The number of fused-ring (bicyclic) bond motifs is 1. The third-order valence-electron chi connectivity index (χ3n) is 5.30. The zero-order chi connectivity index (χ0) is 23.9. The SMILES string of the molecule is COc1ccccc1/C=C(/C(=O)OC(C)C(=O)NCc1ccc2c(c1)OCO2)c1ccccc1. The van der Waals surface area contributed by atoms with Crippen LogP contribution in [0.3, 0.4) is 0 Å². The van der Waals surface area contributed by atoms with Gasteiger partial charge in [0, 0.05) is 12.1 Å². The summed E-state index contributed by atoms with van der Waals surface area (Å²) in [6.45, 7) is 1.99. The number of carbonyl (C=O) groups excluding carboxylic acids is 2. The molecule has 174 valence electrons. The fourth-order valence-corrected chi connectivity index (χ4v) is 3.48. The van der Waals surface area contributed by atoms with E-state index in [0.717, 1.165) is 11.1 Å². The van der Waals surface area contributed by atoms with Crippen molar-refractivity contribution in [1.82, 2.24) is 5.32 Å². The van der Waals surface area contributed by atoms with Crippen molar-refractivity contribution in [3.8, 4) is 17.2 Å². The van der Waals surface area contributed by atoms with E-state index in [1.54, 1.807) is 26.2 Å². The molecule has 0 saturated carbocycles. The fourth-order valence-electron chi connectivity index (χ4n) is 3.48. The van der Waals surface area contributed by atoms with Gasteiger partial charge >= 0.3 is 5.97 Å². The number of amides is 1. The van der Waals surface area contributed by atoms with E-state index in [9.17, 15) is 9.59 Å². The number of nitrogens with one attached hydrogen (secondary N) is 1. The minimum Gasteiger partial charge on any atom is -0.496 e. The van der Waals surface area contributed by atoms with Crippen LogP contribution >= 0.6 is 0 Å². The van der Waals surface area contributed by atoms with Crippen molar-refractivity contribution in [2.45, 2.75) is 19.6 Å². The van der Waals surface area contributed by atoms with Crippen LogP contribution in [-0.2, 0) is 20.9 Å². The molecule has 1 aliphatic heterocycles. The molecule has 0 bridgehead atoms. The van der Waals surface area contributed by atoms with Crippen LogP contribution in [0.5, 0.6) is 17.2 Å².